The minimum Gasteiger partial charge on any atom is -0.487 e. The van der Waals surface area contributed by atoms with Crippen LogP contribution in [0.1, 0.15) is 11.1 Å². The zero-order valence-corrected chi connectivity index (χ0v) is 12.4. The lowest BCUT2D eigenvalue weighted by atomic mass is 10.2. The summed E-state index contributed by atoms with van der Waals surface area (Å²) in [5.41, 5.74) is 1.65. The van der Waals surface area contributed by atoms with Crippen LogP contribution in [0.2, 0.25) is 10.0 Å². The van der Waals surface area contributed by atoms with Crippen LogP contribution >= 0.6 is 23.2 Å². The van der Waals surface area contributed by atoms with Gasteiger partial charge < -0.3 is 10.1 Å². The largest absolute Gasteiger partial charge is 0.487 e. The van der Waals surface area contributed by atoms with E-state index >= 15 is 0 Å². The SMILES string of the molecule is CNCc1ccc(OCc2cccc(F)c2Cl)c(Cl)c1. The van der Waals surface area contributed by atoms with Crippen molar-refractivity contribution in [1.82, 2.24) is 5.32 Å². The van der Waals surface area contributed by atoms with E-state index in [4.69, 9.17) is 27.9 Å². The van der Waals surface area contributed by atoms with Gasteiger partial charge in [0.15, 0.2) is 0 Å². The molecule has 2 aromatic carbocycles. The number of nitrogens with one attached hydrogen (secondary N) is 1. The fourth-order valence-corrected chi connectivity index (χ4v) is 2.23. The molecule has 0 aromatic heterocycles. The van der Waals surface area contributed by atoms with E-state index in [0.29, 0.717) is 16.3 Å². The first-order valence-electron chi connectivity index (χ1n) is 6.10. The molecule has 2 aromatic rings. The third-order valence-electron chi connectivity index (χ3n) is 2.79. The quantitative estimate of drug-likeness (QED) is 0.881. The predicted molar refractivity (Wildman–Crippen MR) is 80.0 cm³/mol. The molecule has 0 saturated heterocycles. The molecule has 0 amide bonds. The highest BCUT2D eigenvalue weighted by Crippen LogP contribution is 2.27. The molecule has 0 aliphatic carbocycles. The van der Waals surface area contributed by atoms with Crippen LogP contribution in [0.5, 0.6) is 5.75 Å². The van der Waals surface area contributed by atoms with Crippen LogP contribution in [0.4, 0.5) is 4.39 Å². The molecule has 2 rings (SSSR count). The van der Waals surface area contributed by atoms with Gasteiger partial charge in [0.2, 0.25) is 0 Å². The molecule has 5 heteroatoms. The van der Waals surface area contributed by atoms with Gasteiger partial charge in [0.25, 0.3) is 0 Å². The Morgan fingerprint density at radius 1 is 1.20 bits per heavy atom. The summed E-state index contributed by atoms with van der Waals surface area (Å²) in [7, 11) is 1.87. The summed E-state index contributed by atoms with van der Waals surface area (Å²) in [6.45, 7) is 0.900. The van der Waals surface area contributed by atoms with Gasteiger partial charge >= 0.3 is 0 Å². The highest BCUT2D eigenvalue weighted by Gasteiger charge is 2.08. The van der Waals surface area contributed by atoms with Crippen molar-refractivity contribution in [2.24, 2.45) is 0 Å². The van der Waals surface area contributed by atoms with Crippen molar-refractivity contribution < 1.29 is 9.13 Å². The van der Waals surface area contributed by atoms with E-state index in [1.165, 1.54) is 6.07 Å². The normalized spacial score (nSPS) is 10.6. The van der Waals surface area contributed by atoms with Crippen LogP contribution in [-0.4, -0.2) is 7.05 Å². The Bertz CT molecular complexity index is 604. The first-order valence-corrected chi connectivity index (χ1v) is 6.86. The molecule has 0 unspecified atom stereocenters. The van der Waals surface area contributed by atoms with Gasteiger partial charge in [-0.05, 0) is 30.8 Å². The van der Waals surface area contributed by atoms with Crippen molar-refractivity contribution in [1.29, 1.82) is 0 Å². The molecule has 0 spiro atoms. The number of halogens is 3. The second kappa shape index (κ2) is 6.93. The minimum absolute atomic E-state index is 0.0791. The lowest BCUT2D eigenvalue weighted by Crippen LogP contribution is -2.05. The van der Waals surface area contributed by atoms with E-state index in [2.05, 4.69) is 5.32 Å². The summed E-state index contributed by atoms with van der Waals surface area (Å²) in [6.07, 6.45) is 0. The number of ether oxygens (including phenoxy) is 1. The zero-order valence-electron chi connectivity index (χ0n) is 10.9. The second-order valence-electron chi connectivity index (χ2n) is 4.30. The predicted octanol–water partition coefficient (Wildman–Crippen LogP) is 4.43. The van der Waals surface area contributed by atoms with Gasteiger partial charge in [-0.15, -0.1) is 0 Å². The van der Waals surface area contributed by atoms with Gasteiger partial charge in [-0.1, -0.05) is 41.4 Å². The highest BCUT2D eigenvalue weighted by molar-refractivity contribution is 6.32. The van der Waals surface area contributed by atoms with Crippen molar-refractivity contribution in [3.63, 3.8) is 0 Å². The lowest BCUT2D eigenvalue weighted by Gasteiger charge is -2.11. The minimum atomic E-state index is -0.455. The lowest BCUT2D eigenvalue weighted by molar-refractivity contribution is 0.306. The maximum Gasteiger partial charge on any atom is 0.142 e. The van der Waals surface area contributed by atoms with E-state index in [9.17, 15) is 4.39 Å². The van der Waals surface area contributed by atoms with Crippen LogP contribution in [-0.2, 0) is 13.2 Å². The van der Waals surface area contributed by atoms with E-state index in [0.717, 1.165) is 12.1 Å². The summed E-state index contributed by atoms with van der Waals surface area (Å²) >= 11 is 12.0. The van der Waals surface area contributed by atoms with Gasteiger partial charge in [-0.3, -0.25) is 0 Å². The number of benzene rings is 2. The Hall–Kier alpha value is -1.29. The monoisotopic (exact) mass is 313 g/mol. The van der Waals surface area contributed by atoms with Gasteiger partial charge in [0.1, 0.15) is 18.2 Å². The highest BCUT2D eigenvalue weighted by atomic mass is 35.5. The van der Waals surface area contributed by atoms with Gasteiger partial charge in [0, 0.05) is 12.1 Å². The molecular weight excluding hydrogens is 300 g/mol. The molecule has 106 valence electrons. The fourth-order valence-electron chi connectivity index (χ4n) is 1.79. The molecule has 0 bridgehead atoms. The van der Waals surface area contributed by atoms with Crippen molar-refractivity contribution in [3.8, 4) is 5.75 Å². The first kappa shape index (κ1) is 15.1. The summed E-state index contributed by atoms with van der Waals surface area (Å²) in [5, 5.41) is 3.64. The Morgan fingerprint density at radius 3 is 2.70 bits per heavy atom. The van der Waals surface area contributed by atoms with Crippen LogP contribution in [0, 0.1) is 5.82 Å². The van der Waals surface area contributed by atoms with Gasteiger partial charge in [-0.25, -0.2) is 4.39 Å². The average Bonchev–Trinajstić information content (AvgIpc) is 2.42. The Morgan fingerprint density at radius 2 is 2.00 bits per heavy atom. The Balaban J connectivity index is 2.09. The van der Waals surface area contributed by atoms with Gasteiger partial charge in [0.05, 0.1) is 10.0 Å². The standard InChI is InChI=1S/C15H14Cl2FNO/c1-19-8-10-5-6-14(12(16)7-10)20-9-11-3-2-4-13(18)15(11)17/h2-7,19H,8-9H2,1H3. The van der Waals surface area contributed by atoms with E-state index in [-0.39, 0.29) is 11.6 Å². The van der Waals surface area contributed by atoms with Crippen LogP contribution in [0.25, 0.3) is 0 Å². The Kier molecular flexibility index (Phi) is 5.24. The van der Waals surface area contributed by atoms with E-state index in [1.54, 1.807) is 18.2 Å². The number of hydrogen-bond acceptors (Lipinski definition) is 2. The van der Waals surface area contributed by atoms with Crippen LogP contribution in [0.3, 0.4) is 0 Å². The van der Waals surface area contributed by atoms with E-state index < -0.39 is 5.82 Å². The molecule has 1 N–H and O–H groups in total. The van der Waals surface area contributed by atoms with Crippen molar-refractivity contribution >= 4 is 23.2 Å². The maximum atomic E-state index is 13.3. The molecule has 0 atom stereocenters. The molecule has 0 aliphatic rings. The molecule has 2 nitrogen and oxygen atoms in total. The first-order chi connectivity index (χ1) is 9.61. The molecule has 0 aliphatic heterocycles. The fraction of sp³-hybridized carbons (Fsp3) is 0.200. The summed E-state index contributed by atoms with van der Waals surface area (Å²) in [5.74, 6) is 0.0927. The molecule has 0 heterocycles. The number of rotatable bonds is 5. The molecule has 20 heavy (non-hydrogen) atoms. The molecule has 0 saturated carbocycles. The molecule has 0 fully saturated rings. The van der Waals surface area contributed by atoms with Crippen molar-refractivity contribution in [2.75, 3.05) is 7.05 Å². The molecule has 0 radical (unpaired) electrons. The third kappa shape index (κ3) is 3.63. The average molecular weight is 314 g/mol. The topological polar surface area (TPSA) is 21.3 Å². The smallest absolute Gasteiger partial charge is 0.142 e. The molecular formula is C15H14Cl2FNO. The zero-order chi connectivity index (χ0) is 14.5. The number of hydrogen-bond donors (Lipinski definition) is 1. The van der Waals surface area contributed by atoms with Gasteiger partial charge in [-0.2, -0.15) is 0 Å². The third-order valence-corrected chi connectivity index (χ3v) is 3.51. The van der Waals surface area contributed by atoms with E-state index in [1.807, 2.05) is 19.2 Å². The Labute approximate surface area is 127 Å². The van der Waals surface area contributed by atoms with Crippen LogP contribution < -0.4 is 10.1 Å². The summed E-state index contributed by atoms with van der Waals surface area (Å²) in [4.78, 5) is 0. The summed E-state index contributed by atoms with van der Waals surface area (Å²) in [6, 6.07) is 10.2. The summed E-state index contributed by atoms with van der Waals surface area (Å²) < 4.78 is 18.9. The van der Waals surface area contributed by atoms with Crippen molar-refractivity contribution in [3.05, 3.63) is 63.4 Å². The maximum absolute atomic E-state index is 13.3. The van der Waals surface area contributed by atoms with Crippen LogP contribution in [0.15, 0.2) is 36.4 Å². The van der Waals surface area contributed by atoms with Crippen molar-refractivity contribution in [2.45, 2.75) is 13.2 Å². The second-order valence-corrected chi connectivity index (χ2v) is 5.08.